The molecule has 0 aliphatic carbocycles. The molecule has 1 amide bonds. The monoisotopic (exact) mass is 555 g/mol. The van der Waals surface area contributed by atoms with Gasteiger partial charge in [-0.2, -0.15) is 0 Å². The molecule has 3 aliphatic rings. The summed E-state index contributed by atoms with van der Waals surface area (Å²) in [6, 6.07) is 19.5. The summed E-state index contributed by atoms with van der Waals surface area (Å²) in [5.41, 5.74) is -0.992. The van der Waals surface area contributed by atoms with E-state index >= 15 is 0 Å². The first kappa shape index (κ1) is 26.1. The Bertz CT molecular complexity index is 1150. The maximum Gasteiger partial charge on any atom is 0.348 e. The summed E-state index contributed by atoms with van der Waals surface area (Å²) < 4.78 is 11.6. The van der Waals surface area contributed by atoms with Crippen molar-refractivity contribution in [1.82, 2.24) is 5.16 Å². The Kier molecular flexibility index (Phi) is 7.63. The minimum absolute atomic E-state index is 0. The van der Waals surface area contributed by atoms with E-state index in [1.807, 2.05) is 12.1 Å². The fourth-order valence-corrected chi connectivity index (χ4v) is 5.47. The average molecular weight is 556 g/mol. The largest absolute Gasteiger partial charge is 1.00 e. The van der Waals surface area contributed by atoms with Crippen molar-refractivity contribution in [3.63, 3.8) is 0 Å². The third-order valence-electron chi connectivity index (χ3n) is 7.35. The number of aryl methyl sites for hydroxylation is 1. The molecule has 9 heteroatoms. The zero-order valence-electron chi connectivity index (χ0n) is 20.1. The van der Waals surface area contributed by atoms with Crippen LogP contribution >= 0.6 is 0 Å². The number of piperidine rings is 3. The van der Waals surface area contributed by atoms with E-state index in [2.05, 4.69) is 10.5 Å². The second kappa shape index (κ2) is 10.5. The summed E-state index contributed by atoms with van der Waals surface area (Å²) in [7, 11) is 0. The summed E-state index contributed by atoms with van der Waals surface area (Å²) in [5.74, 6) is 0.415. The third-order valence-corrected chi connectivity index (χ3v) is 7.35. The molecular weight excluding hydrogens is 526 g/mol. The second-order valence-corrected chi connectivity index (χ2v) is 9.72. The molecule has 3 fully saturated rings. The van der Waals surface area contributed by atoms with Crippen molar-refractivity contribution in [2.24, 2.45) is 5.92 Å². The molecule has 8 nitrogen and oxygen atoms in total. The Balaban J connectivity index is 0.00000304. The van der Waals surface area contributed by atoms with Gasteiger partial charge in [0.05, 0.1) is 13.1 Å². The lowest BCUT2D eigenvalue weighted by atomic mass is 9.82. The number of aromatic nitrogens is 1. The zero-order valence-corrected chi connectivity index (χ0v) is 21.7. The van der Waals surface area contributed by atoms with Gasteiger partial charge in [0.2, 0.25) is 5.60 Å². The molecule has 6 rings (SSSR count). The predicted octanol–water partition coefficient (Wildman–Crippen LogP) is 0.0138. The highest BCUT2D eigenvalue weighted by Crippen LogP contribution is 2.38. The Hall–Kier alpha value is -3.01. The SMILES string of the molecule is Cc1cc(NC(=O)C[N+]23CCC(CC2)[C@@H](OC(=O)C(O)(c2ccccc2)c2ccccc2)C3)no1.[Br-]. The molecule has 36 heavy (non-hydrogen) atoms. The van der Waals surface area contributed by atoms with Crippen LogP contribution in [0.3, 0.4) is 0 Å². The van der Waals surface area contributed by atoms with Crippen LogP contribution in [0.5, 0.6) is 0 Å². The van der Waals surface area contributed by atoms with E-state index in [4.69, 9.17) is 9.26 Å². The van der Waals surface area contributed by atoms with Crippen molar-refractivity contribution in [2.75, 3.05) is 31.5 Å². The number of nitrogens with one attached hydrogen (secondary N) is 1. The second-order valence-electron chi connectivity index (χ2n) is 9.72. The molecule has 3 aromatic rings. The van der Waals surface area contributed by atoms with Gasteiger partial charge in [-0.1, -0.05) is 65.8 Å². The minimum atomic E-state index is -1.92. The number of fused-ring (bicyclic) bond motifs is 3. The molecule has 0 saturated carbocycles. The maximum atomic E-state index is 13.6. The fraction of sp³-hybridized carbons (Fsp3) is 0.370. The van der Waals surface area contributed by atoms with Crippen LogP contribution in [0.1, 0.15) is 29.7 Å². The molecule has 2 bridgehead atoms. The quantitative estimate of drug-likeness (QED) is 0.314. The number of carbonyl (C=O) groups is 2. The number of esters is 1. The predicted molar refractivity (Wildman–Crippen MR) is 128 cm³/mol. The Morgan fingerprint density at radius 3 is 2.19 bits per heavy atom. The van der Waals surface area contributed by atoms with Crippen molar-refractivity contribution in [2.45, 2.75) is 31.5 Å². The van der Waals surface area contributed by atoms with Crippen molar-refractivity contribution in [3.05, 3.63) is 83.6 Å². The Morgan fingerprint density at radius 2 is 1.67 bits per heavy atom. The fourth-order valence-electron chi connectivity index (χ4n) is 5.47. The highest BCUT2D eigenvalue weighted by Gasteiger charge is 2.51. The van der Waals surface area contributed by atoms with Gasteiger partial charge in [-0.3, -0.25) is 4.79 Å². The Labute approximate surface area is 220 Å². The van der Waals surface area contributed by atoms with E-state index in [0.717, 1.165) is 25.9 Å². The van der Waals surface area contributed by atoms with Crippen LogP contribution in [-0.4, -0.2) is 58.9 Å². The summed E-state index contributed by atoms with van der Waals surface area (Å²) in [4.78, 5) is 26.4. The molecule has 1 aromatic heterocycles. The molecule has 3 aliphatic heterocycles. The number of nitrogens with zero attached hydrogens (tertiary/aromatic N) is 2. The third kappa shape index (κ3) is 5.09. The summed E-state index contributed by atoms with van der Waals surface area (Å²) in [6.45, 7) is 4.29. The van der Waals surface area contributed by atoms with E-state index in [-0.39, 0.29) is 41.5 Å². The van der Waals surface area contributed by atoms with Crippen molar-refractivity contribution in [3.8, 4) is 0 Å². The number of benzene rings is 2. The standard InChI is InChI=1S/C27H29N3O5.BrH/c1-19-16-24(29-35-19)28-25(31)18-30-14-12-20(13-15-30)23(17-30)34-26(32)27(33,21-8-4-2-5-9-21)22-10-6-3-7-11-22;/h2-11,16,20,23,33H,12-15,17-18H2,1H3;1H/t20?,23-,30?;/m0./s1. The molecule has 0 spiro atoms. The Morgan fingerprint density at radius 1 is 1.08 bits per heavy atom. The summed E-state index contributed by atoms with van der Waals surface area (Å²) >= 11 is 0. The van der Waals surface area contributed by atoms with E-state index < -0.39 is 11.6 Å². The smallest absolute Gasteiger partial charge is 0.348 e. The van der Waals surface area contributed by atoms with E-state index in [9.17, 15) is 14.7 Å². The van der Waals surface area contributed by atoms with Crippen LogP contribution in [0.25, 0.3) is 0 Å². The molecule has 4 heterocycles. The van der Waals surface area contributed by atoms with E-state index in [1.54, 1.807) is 61.5 Å². The molecule has 2 N–H and O–H groups in total. The number of aliphatic hydroxyl groups is 1. The van der Waals surface area contributed by atoms with E-state index in [0.29, 0.717) is 33.7 Å². The zero-order chi connectivity index (χ0) is 24.5. The van der Waals surface area contributed by atoms with Gasteiger partial charge in [0.15, 0.2) is 18.5 Å². The topological polar surface area (TPSA) is 102 Å². The van der Waals surface area contributed by atoms with Crippen LogP contribution in [0.4, 0.5) is 5.82 Å². The van der Waals surface area contributed by atoms with Crippen LogP contribution in [0.15, 0.2) is 71.3 Å². The van der Waals surface area contributed by atoms with Crippen molar-refractivity contribution < 1.29 is 45.4 Å². The van der Waals surface area contributed by atoms with Gasteiger partial charge in [-0.15, -0.1) is 0 Å². The van der Waals surface area contributed by atoms with Crippen LogP contribution in [0, 0.1) is 12.8 Å². The molecular formula is C27H30BrN3O5. The number of hydrogen-bond donors (Lipinski definition) is 2. The molecule has 190 valence electrons. The highest BCUT2D eigenvalue weighted by atomic mass is 79.9. The van der Waals surface area contributed by atoms with Gasteiger partial charge in [0, 0.05) is 24.8 Å². The van der Waals surface area contributed by atoms with Gasteiger partial charge >= 0.3 is 5.97 Å². The number of hydrogen-bond acceptors (Lipinski definition) is 6. The molecule has 2 aromatic carbocycles. The number of carbonyl (C=O) groups excluding carboxylic acids is 2. The molecule has 0 radical (unpaired) electrons. The van der Waals surface area contributed by atoms with Crippen LogP contribution in [0.2, 0.25) is 0 Å². The maximum absolute atomic E-state index is 13.6. The summed E-state index contributed by atoms with van der Waals surface area (Å²) in [6.07, 6.45) is 1.36. The molecule has 3 saturated heterocycles. The van der Waals surface area contributed by atoms with Crippen LogP contribution < -0.4 is 22.3 Å². The molecule has 0 unspecified atom stereocenters. The summed E-state index contributed by atoms with van der Waals surface area (Å²) in [5, 5.41) is 18.4. The highest BCUT2D eigenvalue weighted by molar-refractivity contribution is 5.90. The lowest BCUT2D eigenvalue weighted by Crippen LogP contribution is -3.00. The normalized spacial score (nSPS) is 22.9. The number of halogens is 1. The van der Waals surface area contributed by atoms with Crippen molar-refractivity contribution >= 4 is 17.7 Å². The van der Waals surface area contributed by atoms with Gasteiger partial charge in [0.25, 0.3) is 5.91 Å². The lowest BCUT2D eigenvalue weighted by molar-refractivity contribution is -0.939. The lowest BCUT2D eigenvalue weighted by Gasteiger charge is -2.51. The van der Waals surface area contributed by atoms with Crippen LogP contribution in [-0.2, 0) is 19.9 Å². The number of amides is 1. The number of ether oxygens (including phenoxy) is 1. The van der Waals surface area contributed by atoms with E-state index in [1.165, 1.54) is 0 Å². The number of anilines is 1. The average Bonchev–Trinajstić information content (AvgIpc) is 3.29. The van der Waals surface area contributed by atoms with Gasteiger partial charge < -0.3 is 41.1 Å². The van der Waals surface area contributed by atoms with Crippen molar-refractivity contribution in [1.29, 1.82) is 0 Å². The number of quaternary nitrogens is 1. The van der Waals surface area contributed by atoms with Gasteiger partial charge in [-0.25, -0.2) is 4.79 Å². The first-order chi connectivity index (χ1) is 16.9. The van der Waals surface area contributed by atoms with Gasteiger partial charge in [-0.05, 0) is 18.1 Å². The van der Waals surface area contributed by atoms with Gasteiger partial charge in [0.1, 0.15) is 12.3 Å². The first-order valence-electron chi connectivity index (χ1n) is 12.0. The minimum Gasteiger partial charge on any atom is -1.00 e. The first-order valence-corrected chi connectivity index (χ1v) is 12.0. The molecule has 1 atom stereocenters. The number of rotatable bonds is 7.